The van der Waals surface area contributed by atoms with E-state index in [4.69, 9.17) is 4.42 Å². The zero-order valence-corrected chi connectivity index (χ0v) is 12.8. The van der Waals surface area contributed by atoms with Crippen LogP contribution in [0.3, 0.4) is 0 Å². The summed E-state index contributed by atoms with van der Waals surface area (Å²) in [6.07, 6.45) is 1.42. The molecule has 6 nitrogen and oxygen atoms in total. The molecular weight excluding hydrogens is 282 g/mol. The summed E-state index contributed by atoms with van der Waals surface area (Å²) < 4.78 is 5.04. The van der Waals surface area contributed by atoms with Crippen molar-refractivity contribution in [2.24, 2.45) is 0 Å². The Morgan fingerprint density at radius 3 is 2.45 bits per heavy atom. The number of benzene rings is 1. The number of hydrogen-bond donors (Lipinski definition) is 3. The van der Waals surface area contributed by atoms with Crippen LogP contribution >= 0.6 is 0 Å². The standard InChI is InChI=1S/C16H19N3O3/c1-10-6-4-5-7-13(10)11(2)17-16(21)19-18-15(20)14-8-9-22-12(14)3/h4-9,11H,1-3H3,(H,18,20)(H2,17,19,21)/t11-/m1/s1. The van der Waals surface area contributed by atoms with Crippen molar-refractivity contribution in [3.05, 3.63) is 59.0 Å². The number of hydrazine groups is 1. The van der Waals surface area contributed by atoms with Crippen molar-refractivity contribution in [3.63, 3.8) is 0 Å². The summed E-state index contributed by atoms with van der Waals surface area (Å²) in [5.41, 5.74) is 7.16. The molecule has 0 saturated heterocycles. The van der Waals surface area contributed by atoms with E-state index in [-0.39, 0.29) is 6.04 Å². The third-order valence-electron chi connectivity index (χ3n) is 3.40. The van der Waals surface area contributed by atoms with E-state index in [1.807, 2.05) is 38.1 Å². The lowest BCUT2D eigenvalue weighted by atomic mass is 10.0. The molecule has 0 aliphatic heterocycles. The lowest BCUT2D eigenvalue weighted by Gasteiger charge is -2.17. The van der Waals surface area contributed by atoms with Crippen LogP contribution in [-0.4, -0.2) is 11.9 Å². The van der Waals surface area contributed by atoms with Crippen molar-refractivity contribution < 1.29 is 14.0 Å². The second-order valence-electron chi connectivity index (χ2n) is 5.02. The molecule has 22 heavy (non-hydrogen) atoms. The summed E-state index contributed by atoms with van der Waals surface area (Å²) in [6, 6.07) is 8.68. The highest BCUT2D eigenvalue weighted by atomic mass is 16.3. The molecule has 0 radical (unpaired) electrons. The Balaban J connectivity index is 1.87. The number of hydrogen-bond acceptors (Lipinski definition) is 3. The van der Waals surface area contributed by atoms with Crippen LogP contribution in [0.2, 0.25) is 0 Å². The highest BCUT2D eigenvalue weighted by Crippen LogP contribution is 2.16. The zero-order valence-electron chi connectivity index (χ0n) is 12.8. The molecule has 0 spiro atoms. The molecule has 3 amide bonds. The number of amides is 3. The maximum atomic E-state index is 11.8. The van der Waals surface area contributed by atoms with Crippen molar-refractivity contribution in [1.29, 1.82) is 0 Å². The van der Waals surface area contributed by atoms with Crippen molar-refractivity contribution in [2.75, 3.05) is 0 Å². The molecule has 0 fully saturated rings. The van der Waals surface area contributed by atoms with E-state index in [9.17, 15) is 9.59 Å². The second-order valence-corrected chi connectivity index (χ2v) is 5.02. The molecule has 0 bridgehead atoms. The number of rotatable bonds is 3. The van der Waals surface area contributed by atoms with Crippen molar-refractivity contribution >= 4 is 11.9 Å². The molecule has 0 saturated carbocycles. The van der Waals surface area contributed by atoms with Crippen LogP contribution in [0.1, 0.15) is 40.2 Å². The maximum absolute atomic E-state index is 11.8. The molecule has 1 aromatic carbocycles. The minimum Gasteiger partial charge on any atom is -0.469 e. The van der Waals surface area contributed by atoms with Gasteiger partial charge < -0.3 is 9.73 Å². The molecule has 6 heteroatoms. The van der Waals surface area contributed by atoms with Crippen LogP contribution in [0.5, 0.6) is 0 Å². The first-order valence-electron chi connectivity index (χ1n) is 6.95. The lowest BCUT2D eigenvalue weighted by molar-refractivity contribution is 0.0934. The van der Waals surface area contributed by atoms with E-state index in [1.54, 1.807) is 13.0 Å². The molecule has 116 valence electrons. The predicted octanol–water partition coefficient (Wildman–Crippen LogP) is 2.60. The molecular formula is C16H19N3O3. The fourth-order valence-corrected chi connectivity index (χ4v) is 2.18. The van der Waals surface area contributed by atoms with Gasteiger partial charge in [0, 0.05) is 0 Å². The minimum absolute atomic E-state index is 0.172. The topological polar surface area (TPSA) is 83.4 Å². The molecule has 0 unspecified atom stereocenters. The fraction of sp³-hybridized carbons (Fsp3) is 0.250. The molecule has 0 aliphatic rings. The van der Waals surface area contributed by atoms with Gasteiger partial charge in [-0.1, -0.05) is 24.3 Å². The monoisotopic (exact) mass is 301 g/mol. The lowest BCUT2D eigenvalue weighted by Crippen LogP contribution is -2.47. The van der Waals surface area contributed by atoms with Gasteiger partial charge in [-0.25, -0.2) is 10.2 Å². The largest absolute Gasteiger partial charge is 0.469 e. The first kappa shape index (κ1) is 15.6. The number of carbonyl (C=O) groups excluding carboxylic acids is 2. The van der Waals surface area contributed by atoms with Crippen LogP contribution < -0.4 is 16.2 Å². The average Bonchev–Trinajstić information content (AvgIpc) is 2.91. The molecule has 1 aromatic heterocycles. The van der Waals surface area contributed by atoms with E-state index in [0.29, 0.717) is 11.3 Å². The molecule has 3 N–H and O–H groups in total. The quantitative estimate of drug-likeness (QED) is 0.762. The summed E-state index contributed by atoms with van der Waals surface area (Å²) in [4.78, 5) is 23.7. The predicted molar refractivity (Wildman–Crippen MR) is 82.2 cm³/mol. The van der Waals surface area contributed by atoms with Gasteiger partial charge in [0.05, 0.1) is 17.9 Å². The van der Waals surface area contributed by atoms with Crippen molar-refractivity contribution in [3.8, 4) is 0 Å². The minimum atomic E-state index is -0.481. The zero-order chi connectivity index (χ0) is 16.1. The summed E-state index contributed by atoms with van der Waals surface area (Å²) in [6.45, 7) is 5.54. The maximum Gasteiger partial charge on any atom is 0.333 e. The van der Waals surface area contributed by atoms with Crippen LogP contribution in [0, 0.1) is 13.8 Å². The van der Waals surface area contributed by atoms with E-state index in [0.717, 1.165) is 11.1 Å². The van der Waals surface area contributed by atoms with Gasteiger partial charge in [0.15, 0.2) is 0 Å². The van der Waals surface area contributed by atoms with E-state index in [1.165, 1.54) is 6.26 Å². The van der Waals surface area contributed by atoms with Gasteiger partial charge in [-0.2, -0.15) is 0 Å². The third-order valence-corrected chi connectivity index (χ3v) is 3.40. The van der Waals surface area contributed by atoms with Gasteiger partial charge in [0.1, 0.15) is 5.76 Å². The molecule has 2 rings (SSSR count). The van der Waals surface area contributed by atoms with Gasteiger partial charge >= 0.3 is 6.03 Å². The van der Waals surface area contributed by atoms with Gasteiger partial charge in [0.2, 0.25) is 0 Å². The molecule has 1 heterocycles. The summed E-state index contributed by atoms with van der Waals surface area (Å²) >= 11 is 0. The SMILES string of the molecule is Cc1ccccc1[C@@H](C)NC(=O)NNC(=O)c1ccoc1C. The highest BCUT2D eigenvalue weighted by molar-refractivity contribution is 5.96. The van der Waals surface area contributed by atoms with Crippen LogP contribution in [-0.2, 0) is 0 Å². The normalized spacial score (nSPS) is 11.6. The number of nitrogens with one attached hydrogen (secondary N) is 3. The smallest absolute Gasteiger partial charge is 0.333 e. The Labute approximate surface area is 128 Å². The van der Waals surface area contributed by atoms with Crippen LogP contribution in [0.25, 0.3) is 0 Å². The third kappa shape index (κ3) is 3.66. The van der Waals surface area contributed by atoms with E-state index < -0.39 is 11.9 Å². The Morgan fingerprint density at radius 1 is 1.09 bits per heavy atom. The van der Waals surface area contributed by atoms with Crippen molar-refractivity contribution in [1.82, 2.24) is 16.2 Å². The van der Waals surface area contributed by atoms with Gasteiger partial charge in [0.25, 0.3) is 5.91 Å². The first-order chi connectivity index (χ1) is 10.5. The van der Waals surface area contributed by atoms with Crippen molar-refractivity contribution in [2.45, 2.75) is 26.8 Å². The number of urea groups is 1. The average molecular weight is 301 g/mol. The number of carbonyl (C=O) groups is 2. The van der Waals surface area contributed by atoms with Gasteiger partial charge in [-0.3, -0.25) is 10.2 Å². The second kappa shape index (κ2) is 6.80. The Morgan fingerprint density at radius 2 is 1.82 bits per heavy atom. The van der Waals surface area contributed by atoms with E-state index >= 15 is 0 Å². The summed E-state index contributed by atoms with van der Waals surface area (Å²) in [5, 5.41) is 2.76. The van der Waals surface area contributed by atoms with Gasteiger partial charge in [-0.15, -0.1) is 0 Å². The Hall–Kier alpha value is -2.76. The van der Waals surface area contributed by atoms with Crippen LogP contribution in [0.4, 0.5) is 4.79 Å². The Kier molecular flexibility index (Phi) is 4.83. The van der Waals surface area contributed by atoms with E-state index in [2.05, 4.69) is 16.2 Å². The number of aryl methyl sites for hydroxylation is 2. The highest BCUT2D eigenvalue weighted by Gasteiger charge is 2.14. The first-order valence-corrected chi connectivity index (χ1v) is 6.95. The molecule has 2 aromatic rings. The summed E-state index contributed by atoms with van der Waals surface area (Å²) in [5.74, 6) is 0.0675. The van der Waals surface area contributed by atoms with Gasteiger partial charge in [-0.05, 0) is 38.0 Å². The molecule has 1 atom stereocenters. The Bertz CT molecular complexity index is 679. The summed E-state index contributed by atoms with van der Waals surface area (Å²) in [7, 11) is 0. The van der Waals surface area contributed by atoms with Crippen LogP contribution in [0.15, 0.2) is 41.0 Å². The fourth-order valence-electron chi connectivity index (χ4n) is 2.18. The number of furan rings is 1. The molecule has 0 aliphatic carbocycles.